The van der Waals surface area contributed by atoms with Gasteiger partial charge in [0.15, 0.2) is 0 Å². The number of hydrogen-bond acceptors (Lipinski definition) is 1. The molecule has 3 heteroatoms. The first-order chi connectivity index (χ1) is 4.43. The molecule has 9 heavy (non-hydrogen) atoms. The lowest BCUT2D eigenvalue weighted by molar-refractivity contribution is 0.680. The Kier molecular flexibility index (Phi) is 2.27. The first-order valence-corrected chi connectivity index (χ1v) is 3.18. The number of nitrogens with one attached hydrogen (secondary N) is 1. The highest BCUT2D eigenvalue weighted by Crippen LogP contribution is 1.85. The molecule has 0 aliphatic heterocycles. The second kappa shape index (κ2) is 3.25. The van der Waals surface area contributed by atoms with Gasteiger partial charge in [-0.2, -0.15) is 0 Å². The van der Waals surface area contributed by atoms with Crippen molar-refractivity contribution in [2.45, 2.75) is 6.67 Å². The van der Waals surface area contributed by atoms with Crippen molar-refractivity contribution in [1.29, 1.82) is 0 Å². The topological polar surface area (TPSA) is 17.0 Å². The van der Waals surface area contributed by atoms with Gasteiger partial charge < -0.3 is 9.88 Å². The van der Waals surface area contributed by atoms with E-state index in [0.717, 1.165) is 6.67 Å². The van der Waals surface area contributed by atoms with Gasteiger partial charge in [0.05, 0.1) is 12.2 Å². The van der Waals surface area contributed by atoms with Gasteiger partial charge in [-0.1, -0.05) is 12.2 Å². The third kappa shape index (κ3) is 1.85. The van der Waals surface area contributed by atoms with Crippen LogP contribution in [0.1, 0.15) is 0 Å². The minimum absolute atomic E-state index is 0.760. The van der Waals surface area contributed by atoms with Gasteiger partial charge >= 0.3 is 0 Å². The largest absolute Gasteiger partial charge is 0.365 e. The lowest BCUT2D eigenvalue weighted by atomic mass is 10.7. The van der Waals surface area contributed by atoms with Gasteiger partial charge in [-0.3, -0.25) is 0 Å². The van der Waals surface area contributed by atoms with Gasteiger partial charge in [-0.05, 0) is 12.1 Å². The maximum Gasteiger partial charge on any atom is 0.0915 e. The minimum atomic E-state index is 0.760. The van der Waals surface area contributed by atoms with Crippen LogP contribution in [0.25, 0.3) is 0 Å². The van der Waals surface area contributed by atoms with Gasteiger partial charge in [0.2, 0.25) is 0 Å². The molecule has 0 spiro atoms. The van der Waals surface area contributed by atoms with E-state index in [1.54, 1.807) is 0 Å². The summed E-state index contributed by atoms with van der Waals surface area (Å²) in [5.74, 6) is 0. The maximum absolute atomic E-state index is 4.58. The first-order valence-electron chi connectivity index (χ1n) is 2.71. The molecule has 0 aromatic carbocycles. The highest BCUT2D eigenvalue weighted by Gasteiger charge is 1.80. The summed E-state index contributed by atoms with van der Waals surface area (Å²) in [5.41, 5.74) is 1.51. The molecule has 0 fully saturated rings. The van der Waals surface area contributed by atoms with Crippen molar-refractivity contribution < 1.29 is 0 Å². The fraction of sp³-hybridized carbons (Fsp3) is 0.167. The summed E-state index contributed by atoms with van der Waals surface area (Å²) in [6, 6.07) is 3.95. The predicted octanol–water partition coefficient (Wildman–Crippen LogP) is 0.992. The van der Waals surface area contributed by atoms with Crippen molar-refractivity contribution in [3.63, 3.8) is 0 Å². The summed E-state index contributed by atoms with van der Waals surface area (Å²) >= 11 is 4.58. The smallest absolute Gasteiger partial charge is 0.0915 e. The summed E-state index contributed by atoms with van der Waals surface area (Å²) < 4.78 is 2.00. The van der Waals surface area contributed by atoms with E-state index in [4.69, 9.17) is 0 Å². The zero-order valence-electron chi connectivity index (χ0n) is 4.95. The number of aromatic nitrogens is 1. The Bertz CT molecular complexity index is 169. The summed E-state index contributed by atoms with van der Waals surface area (Å²) in [4.78, 5) is 0. The molecule has 0 aliphatic rings. The molecule has 0 unspecified atom stereocenters. The van der Waals surface area contributed by atoms with Crippen LogP contribution in [0.2, 0.25) is 0 Å². The number of rotatable bonds is 3. The van der Waals surface area contributed by atoms with E-state index in [9.17, 15) is 0 Å². The zero-order valence-corrected chi connectivity index (χ0v) is 5.77. The number of hydrogen-bond donors (Lipinski definition) is 1. The Morgan fingerprint density at radius 2 is 2.11 bits per heavy atom. The van der Waals surface area contributed by atoms with Crippen LogP contribution in [0.5, 0.6) is 0 Å². The first kappa shape index (κ1) is 6.29. The van der Waals surface area contributed by atoms with Crippen molar-refractivity contribution in [2.75, 3.05) is 0 Å². The second-order valence-electron chi connectivity index (χ2n) is 1.68. The molecule has 0 atom stereocenters. The molecule has 1 heterocycles. The lowest BCUT2D eigenvalue weighted by Crippen LogP contribution is -2.13. The van der Waals surface area contributed by atoms with Gasteiger partial charge in [0, 0.05) is 12.4 Å². The molecule has 2 nitrogen and oxygen atoms in total. The summed E-state index contributed by atoms with van der Waals surface area (Å²) in [5, 5.41) is 2.90. The highest BCUT2D eigenvalue weighted by molar-refractivity contribution is 7.78. The minimum Gasteiger partial charge on any atom is -0.365 e. The molecule has 0 amide bonds. The number of thiocarbonyl (C=S) groups is 1. The van der Waals surface area contributed by atoms with Crippen molar-refractivity contribution in [1.82, 2.24) is 9.88 Å². The van der Waals surface area contributed by atoms with Gasteiger partial charge in [0.1, 0.15) is 0 Å². The quantitative estimate of drug-likeness (QED) is 0.631. The van der Waals surface area contributed by atoms with Crippen LogP contribution >= 0.6 is 12.2 Å². The molecule has 1 aromatic rings. The summed E-state index contributed by atoms with van der Waals surface area (Å²) in [7, 11) is 0. The van der Waals surface area contributed by atoms with Gasteiger partial charge in [0.25, 0.3) is 0 Å². The Morgan fingerprint density at radius 1 is 1.44 bits per heavy atom. The van der Waals surface area contributed by atoms with Crippen LogP contribution in [0.15, 0.2) is 24.5 Å². The van der Waals surface area contributed by atoms with E-state index in [1.165, 1.54) is 5.49 Å². The Hall–Kier alpha value is -0.830. The molecule has 0 bridgehead atoms. The molecular formula is C6H8N2S. The third-order valence-corrected chi connectivity index (χ3v) is 1.19. The van der Waals surface area contributed by atoms with Crippen LogP contribution in [-0.2, 0) is 6.67 Å². The average Bonchev–Trinajstić information content (AvgIpc) is 2.34. The van der Waals surface area contributed by atoms with Crippen LogP contribution in [0.4, 0.5) is 0 Å². The standard InChI is InChI=1S/C6H8N2S/c9-6-7-5-8-3-1-2-4-8/h1-4,6H,5H2,(H,7,9). The molecule has 1 aromatic heterocycles. The van der Waals surface area contributed by atoms with E-state index in [1.807, 2.05) is 29.1 Å². The fourth-order valence-corrected chi connectivity index (χ4v) is 0.693. The Morgan fingerprint density at radius 3 is 2.67 bits per heavy atom. The SMILES string of the molecule is S=CNCn1cccc1. The van der Waals surface area contributed by atoms with Crippen molar-refractivity contribution in [2.24, 2.45) is 0 Å². The van der Waals surface area contributed by atoms with E-state index in [-0.39, 0.29) is 0 Å². The highest BCUT2D eigenvalue weighted by atomic mass is 32.1. The monoisotopic (exact) mass is 140 g/mol. The molecule has 0 aliphatic carbocycles. The molecule has 1 N–H and O–H groups in total. The molecule has 0 radical (unpaired) electrons. The fourth-order valence-electron chi connectivity index (χ4n) is 0.618. The maximum atomic E-state index is 4.58. The van der Waals surface area contributed by atoms with Crippen LogP contribution < -0.4 is 5.32 Å². The summed E-state index contributed by atoms with van der Waals surface area (Å²) in [6.45, 7) is 0.760. The van der Waals surface area contributed by atoms with Crippen molar-refractivity contribution in [3.05, 3.63) is 24.5 Å². The van der Waals surface area contributed by atoms with E-state index in [2.05, 4.69) is 17.5 Å². The molecule has 1 rings (SSSR count). The molecule has 0 saturated carbocycles. The second-order valence-corrected chi connectivity index (χ2v) is 1.91. The predicted molar refractivity (Wildman–Crippen MR) is 41.2 cm³/mol. The Labute approximate surface area is 59.5 Å². The lowest BCUT2D eigenvalue weighted by Gasteiger charge is -1.98. The summed E-state index contributed by atoms with van der Waals surface area (Å²) in [6.07, 6.45) is 3.96. The van der Waals surface area contributed by atoms with Crippen molar-refractivity contribution >= 4 is 17.7 Å². The number of nitrogens with zero attached hydrogens (tertiary/aromatic N) is 1. The molecule has 0 saturated heterocycles. The van der Waals surface area contributed by atoms with Crippen LogP contribution in [0.3, 0.4) is 0 Å². The average molecular weight is 140 g/mol. The zero-order chi connectivity index (χ0) is 6.53. The van der Waals surface area contributed by atoms with E-state index < -0.39 is 0 Å². The Balaban J connectivity index is 2.38. The van der Waals surface area contributed by atoms with E-state index >= 15 is 0 Å². The van der Waals surface area contributed by atoms with Gasteiger partial charge in [-0.15, -0.1) is 0 Å². The molecule has 48 valence electrons. The van der Waals surface area contributed by atoms with Crippen LogP contribution in [0, 0.1) is 0 Å². The van der Waals surface area contributed by atoms with E-state index in [0.29, 0.717) is 0 Å². The van der Waals surface area contributed by atoms with Gasteiger partial charge in [-0.25, -0.2) is 0 Å². The molecular weight excluding hydrogens is 132 g/mol. The normalized spacial score (nSPS) is 8.89. The van der Waals surface area contributed by atoms with Crippen LogP contribution in [-0.4, -0.2) is 10.1 Å². The third-order valence-electron chi connectivity index (χ3n) is 1.02. The van der Waals surface area contributed by atoms with Crippen molar-refractivity contribution in [3.8, 4) is 0 Å².